The van der Waals surface area contributed by atoms with E-state index in [2.05, 4.69) is 0 Å². The van der Waals surface area contributed by atoms with Gasteiger partial charge in [0.1, 0.15) is 0 Å². The molecule has 0 amide bonds. The summed E-state index contributed by atoms with van der Waals surface area (Å²) in [6.07, 6.45) is 1.27. The molecule has 1 heterocycles. The van der Waals surface area contributed by atoms with Crippen molar-refractivity contribution in [2.75, 3.05) is 0 Å². The van der Waals surface area contributed by atoms with Gasteiger partial charge >= 0.3 is 0 Å². The van der Waals surface area contributed by atoms with Crippen LogP contribution in [0.4, 0.5) is 0 Å². The van der Waals surface area contributed by atoms with Gasteiger partial charge in [0, 0.05) is 11.6 Å². The van der Waals surface area contributed by atoms with Crippen molar-refractivity contribution in [2.24, 2.45) is 0 Å². The zero-order valence-electron chi connectivity index (χ0n) is 10.7. The second kappa shape index (κ2) is 5.02. The fraction of sp³-hybridized carbons (Fsp3) is 0. The summed E-state index contributed by atoms with van der Waals surface area (Å²) >= 11 is 5.54. The summed E-state index contributed by atoms with van der Waals surface area (Å²) in [4.78, 5) is 11.6. The van der Waals surface area contributed by atoms with Crippen LogP contribution in [0.2, 0.25) is 0 Å². The highest BCUT2D eigenvalue weighted by atomic mass is 35.5. The maximum Gasteiger partial charge on any atom is 0.268 e. The van der Waals surface area contributed by atoms with Gasteiger partial charge in [-0.3, -0.25) is 4.79 Å². The van der Waals surface area contributed by atoms with Crippen LogP contribution in [0, 0.1) is 0 Å². The molecule has 2 aromatic carbocycles. The van der Waals surface area contributed by atoms with Crippen molar-refractivity contribution in [2.45, 2.75) is 4.90 Å². The first-order valence-corrected chi connectivity index (χ1v) is 7.94. The minimum Gasteiger partial charge on any atom is -0.276 e. The Kier molecular flexibility index (Phi) is 3.31. The predicted octanol–water partition coefficient (Wildman–Crippen LogP) is 3.26. The number of aromatic nitrogens is 1. The lowest BCUT2D eigenvalue weighted by atomic mass is 10.2. The topological polar surface area (TPSA) is 56.1 Å². The van der Waals surface area contributed by atoms with Crippen molar-refractivity contribution < 1.29 is 13.2 Å². The van der Waals surface area contributed by atoms with E-state index in [9.17, 15) is 13.2 Å². The molecule has 0 spiro atoms. The quantitative estimate of drug-likeness (QED) is 0.696. The monoisotopic (exact) mass is 319 g/mol. The Balaban J connectivity index is 2.34. The SMILES string of the molecule is O=C(Cl)c1cn(S(=O)(=O)c2ccccc2)c2ccccc12. The van der Waals surface area contributed by atoms with Crippen LogP contribution < -0.4 is 0 Å². The Morgan fingerprint density at radius 1 is 0.952 bits per heavy atom. The van der Waals surface area contributed by atoms with Crippen molar-refractivity contribution >= 4 is 37.8 Å². The first-order chi connectivity index (χ1) is 10.0. The van der Waals surface area contributed by atoms with Gasteiger partial charge in [0.15, 0.2) is 0 Å². The Hall–Kier alpha value is -2.11. The molecule has 1 aromatic heterocycles. The lowest BCUT2D eigenvalue weighted by molar-refractivity contribution is 0.108. The molecule has 3 rings (SSSR count). The molecule has 0 saturated heterocycles. The summed E-state index contributed by atoms with van der Waals surface area (Å²) in [5.74, 6) is 0. The number of rotatable bonds is 3. The smallest absolute Gasteiger partial charge is 0.268 e. The number of benzene rings is 2. The van der Waals surface area contributed by atoms with Crippen LogP contribution in [0.15, 0.2) is 65.7 Å². The minimum absolute atomic E-state index is 0.152. The van der Waals surface area contributed by atoms with E-state index in [0.29, 0.717) is 10.9 Å². The van der Waals surface area contributed by atoms with Crippen LogP contribution >= 0.6 is 11.6 Å². The summed E-state index contributed by atoms with van der Waals surface area (Å²) in [5, 5.41) is -0.176. The molecule has 6 heteroatoms. The minimum atomic E-state index is -3.77. The third kappa shape index (κ3) is 2.24. The molecule has 0 saturated carbocycles. The molecule has 0 aliphatic carbocycles. The van der Waals surface area contributed by atoms with E-state index in [1.807, 2.05) is 0 Å². The van der Waals surface area contributed by atoms with Gasteiger partial charge in [-0.05, 0) is 29.8 Å². The first-order valence-electron chi connectivity index (χ1n) is 6.12. The number of para-hydroxylation sites is 1. The highest BCUT2D eigenvalue weighted by molar-refractivity contribution is 7.90. The second-order valence-corrected chi connectivity index (χ2v) is 6.61. The molecule has 0 bridgehead atoms. The molecule has 106 valence electrons. The van der Waals surface area contributed by atoms with Crippen molar-refractivity contribution in [1.82, 2.24) is 3.97 Å². The largest absolute Gasteiger partial charge is 0.276 e. The Labute approximate surface area is 126 Å². The fourth-order valence-corrected chi connectivity index (χ4v) is 3.75. The van der Waals surface area contributed by atoms with Gasteiger partial charge in [-0.1, -0.05) is 36.4 Å². The maximum absolute atomic E-state index is 12.7. The van der Waals surface area contributed by atoms with Gasteiger partial charge in [0.2, 0.25) is 0 Å². The van der Waals surface area contributed by atoms with Crippen LogP contribution in [0.5, 0.6) is 0 Å². The number of hydrogen-bond donors (Lipinski definition) is 0. The number of carbonyl (C=O) groups excluding carboxylic acids is 1. The van der Waals surface area contributed by atoms with Crippen LogP contribution in [0.1, 0.15) is 10.4 Å². The number of nitrogens with zero attached hydrogens (tertiary/aromatic N) is 1. The average Bonchev–Trinajstić information content (AvgIpc) is 2.88. The molecule has 0 fully saturated rings. The normalized spacial score (nSPS) is 11.7. The zero-order valence-corrected chi connectivity index (χ0v) is 12.3. The van der Waals surface area contributed by atoms with Crippen LogP contribution in [0.25, 0.3) is 10.9 Å². The molecular weight excluding hydrogens is 310 g/mol. The number of carbonyl (C=O) groups is 1. The fourth-order valence-electron chi connectivity index (χ4n) is 2.21. The third-order valence-corrected chi connectivity index (χ3v) is 5.08. The van der Waals surface area contributed by atoms with Gasteiger partial charge in [0.25, 0.3) is 15.3 Å². The molecule has 0 radical (unpaired) electrons. The van der Waals surface area contributed by atoms with Crippen LogP contribution in [0.3, 0.4) is 0 Å². The summed E-state index contributed by atoms with van der Waals surface area (Å²) in [6, 6.07) is 14.8. The molecule has 0 aliphatic heterocycles. The van der Waals surface area contributed by atoms with E-state index < -0.39 is 15.3 Å². The third-order valence-electron chi connectivity index (χ3n) is 3.19. The average molecular weight is 320 g/mol. The van der Waals surface area contributed by atoms with Crippen LogP contribution in [-0.4, -0.2) is 17.6 Å². The van der Waals surface area contributed by atoms with Crippen molar-refractivity contribution in [3.8, 4) is 0 Å². The summed E-state index contributed by atoms with van der Waals surface area (Å²) in [6.45, 7) is 0. The Morgan fingerprint density at radius 2 is 1.57 bits per heavy atom. The standard InChI is InChI=1S/C15H10ClNO3S/c16-15(18)13-10-17(14-9-5-4-8-12(13)14)21(19,20)11-6-2-1-3-7-11/h1-10H. The van der Waals surface area contributed by atoms with E-state index in [0.717, 1.165) is 3.97 Å². The molecule has 0 N–H and O–H groups in total. The second-order valence-electron chi connectivity index (χ2n) is 4.45. The first kappa shape index (κ1) is 13.9. The lowest BCUT2D eigenvalue weighted by Gasteiger charge is -2.07. The Bertz CT molecular complexity index is 930. The lowest BCUT2D eigenvalue weighted by Crippen LogP contribution is -2.11. The molecule has 0 unspecified atom stereocenters. The molecule has 3 aromatic rings. The van der Waals surface area contributed by atoms with Crippen molar-refractivity contribution in [3.63, 3.8) is 0 Å². The molecule has 4 nitrogen and oxygen atoms in total. The Morgan fingerprint density at radius 3 is 2.24 bits per heavy atom. The molecular formula is C15H10ClNO3S. The maximum atomic E-state index is 12.7. The summed E-state index contributed by atoms with van der Waals surface area (Å²) in [7, 11) is -3.77. The molecule has 21 heavy (non-hydrogen) atoms. The zero-order chi connectivity index (χ0) is 15.0. The summed E-state index contributed by atoms with van der Waals surface area (Å²) < 4.78 is 26.5. The van der Waals surface area contributed by atoms with Crippen molar-refractivity contribution in [3.05, 3.63) is 66.4 Å². The number of fused-ring (bicyclic) bond motifs is 1. The van der Waals surface area contributed by atoms with E-state index in [1.54, 1.807) is 42.5 Å². The van der Waals surface area contributed by atoms with E-state index in [1.165, 1.54) is 18.3 Å². The number of hydrogen-bond acceptors (Lipinski definition) is 3. The van der Waals surface area contributed by atoms with E-state index in [4.69, 9.17) is 11.6 Å². The van der Waals surface area contributed by atoms with Crippen molar-refractivity contribution in [1.29, 1.82) is 0 Å². The molecule has 0 atom stereocenters. The summed E-state index contributed by atoms with van der Waals surface area (Å²) in [5.41, 5.74) is 0.595. The van der Waals surface area contributed by atoms with Gasteiger partial charge in [0.05, 0.1) is 16.0 Å². The van der Waals surface area contributed by atoms with E-state index in [-0.39, 0.29) is 10.5 Å². The predicted molar refractivity (Wildman–Crippen MR) is 81.1 cm³/mol. The van der Waals surface area contributed by atoms with Crippen LogP contribution in [-0.2, 0) is 10.0 Å². The highest BCUT2D eigenvalue weighted by Crippen LogP contribution is 2.26. The number of halogens is 1. The van der Waals surface area contributed by atoms with Gasteiger partial charge in [-0.2, -0.15) is 0 Å². The van der Waals surface area contributed by atoms with Gasteiger partial charge < -0.3 is 0 Å². The molecule has 0 aliphatic rings. The van der Waals surface area contributed by atoms with Gasteiger partial charge in [-0.25, -0.2) is 12.4 Å². The highest BCUT2D eigenvalue weighted by Gasteiger charge is 2.22. The van der Waals surface area contributed by atoms with E-state index >= 15 is 0 Å². The van der Waals surface area contributed by atoms with Gasteiger partial charge in [-0.15, -0.1) is 0 Å².